The van der Waals surface area contributed by atoms with Gasteiger partial charge in [0.15, 0.2) is 11.3 Å². The van der Waals surface area contributed by atoms with E-state index in [1.54, 1.807) is 12.1 Å². The molecule has 0 N–H and O–H groups in total. The summed E-state index contributed by atoms with van der Waals surface area (Å²) in [5.41, 5.74) is 3.79. The van der Waals surface area contributed by atoms with Gasteiger partial charge in [0.05, 0.1) is 21.9 Å². The fourth-order valence-electron chi connectivity index (χ4n) is 5.46. The van der Waals surface area contributed by atoms with Crippen LogP contribution in [-0.2, 0) is 5.41 Å². The second kappa shape index (κ2) is 10.3. The molecule has 0 atom stereocenters. The number of pyridine rings is 2. The van der Waals surface area contributed by atoms with Gasteiger partial charge in [0, 0.05) is 36.8 Å². The Morgan fingerprint density at radius 2 is 1.86 bits per heavy atom. The van der Waals surface area contributed by atoms with Crippen LogP contribution < -0.4 is 4.90 Å². The summed E-state index contributed by atoms with van der Waals surface area (Å²) in [6, 6.07) is 14.0. The molecule has 5 heterocycles. The highest BCUT2D eigenvalue weighted by atomic mass is 35.5. The number of aromatic nitrogens is 2. The summed E-state index contributed by atoms with van der Waals surface area (Å²) in [4.78, 5) is 27.5. The Labute approximate surface area is 248 Å². The lowest BCUT2D eigenvalue weighted by molar-refractivity contribution is 0.0483. The number of fused-ring (bicyclic) bond motifs is 1. The highest BCUT2D eigenvalue weighted by Gasteiger charge is 2.39. The molecule has 9 nitrogen and oxygen atoms in total. The van der Waals surface area contributed by atoms with Crippen molar-refractivity contribution in [3.63, 3.8) is 0 Å². The van der Waals surface area contributed by atoms with Gasteiger partial charge in [0.2, 0.25) is 0 Å². The molecule has 0 bridgehead atoms. The average Bonchev–Trinajstić information content (AvgIpc) is 3.63. The molecule has 0 radical (unpaired) electrons. The van der Waals surface area contributed by atoms with Gasteiger partial charge in [-0.05, 0) is 54.8 Å². The smallest absolute Gasteiger partial charge is 0.290 e. The zero-order chi connectivity index (χ0) is 29.8. The first-order valence-corrected chi connectivity index (χ1v) is 14.2. The third kappa shape index (κ3) is 5.15. The van der Waals surface area contributed by atoms with E-state index in [0.29, 0.717) is 48.5 Å². The summed E-state index contributed by atoms with van der Waals surface area (Å²) in [5, 5.41) is 11.7. The molecule has 3 aromatic heterocycles. The van der Waals surface area contributed by atoms with Crippen LogP contribution in [0.4, 0.5) is 10.2 Å². The van der Waals surface area contributed by atoms with Crippen LogP contribution >= 0.6 is 11.6 Å². The Bertz CT molecular complexity index is 1770. The summed E-state index contributed by atoms with van der Waals surface area (Å²) in [6.45, 7) is 12.3. The third-order valence-corrected chi connectivity index (χ3v) is 7.97. The lowest BCUT2D eigenvalue weighted by Gasteiger charge is -2.47. The lowest BCUT2D eigenvalue weighted by Crippen LogP contribution is -2.61. The highest BCUT2D eigenvalue weighted by Crippen LogP contribution is 2.36. The standard InChI is InChI=1S/C31H31ClFN7O2/c1-30(2,3)19-14-23(18-9-10-20(32)21(33)13-18)35-24-15-26(42-28(19)24)29(41)40-12-11-39(17-31(40,4)5)27-8-6-7-22(36-27)25-16-34-38-37-25/h6-10,13-15H,11-12,16-17H2,1-5H3. The van der Waals surface area contributed by atoms with Gasteiger partial charge in [-0.25, -0.2) is 14.4 Å². The van der Waals surface area contributed by atoms with E-state index >= 15 is 0 Å². The minimum atomic E-state index is -0.520. The number of carbonyl (C=O) groups excluding carboxylic acids is 1. The molecule has 0 spiro atoms. The first-order valence-electron chi connectivity index (χ1n) is 13.8. The van der Waals surface area contributed by atoms with E-state index in [2.05, 4.69) is 41.1 Å². The average molecular weight is 588 g/mol. The summed E-state index contributed by atoms with van der Waals surface area (Å²) < 4.78 is 20.5. The van der Waals surface area contributed by atoms with Crippen molar-refractivity contribution >= 4 is 40.1 Å². The quantitative estimate of drug-likeness (QED) is 0.259. The van der Waals surface area contributed by atoms with Crippen LogP contribution in [0.2, 0.25) is 5.02 Å². The molecule has 0 saturated carbocycles. The number of piperazine rings is 1. The molecule has 1 saturated heterocycles. The van der Waals surface area contributed by atoms with E-state index < -0.39 is 11.4 Å². The highest BCUT2D eigenvalue weighted by molar-refractivity contribution is 6.30. The molecule has 2 aliphatic rings. The van der Waals surface area contributed by atoms with Crippen molar-refractivity contribution in [1.29, 1.82) is 0 Å². The van der Waals surface area contributed by atoms with E-state index in [0.717, 1.165) is 22.8 Å². The normalized spacial score (nSPS) is 16.8. The molecule has 1 aromatic carbocycles. The van der Waals surface area contributed by atoms with Crippen molar-refractivity contribution in [3.05, 3.63) is 76.4 Å². The maximum absolute atomic E-state index is 14.3. The van der Waals surface area contributed by atoms with Gasteiger partial charge >= 0.3 is 0 Å². The van der Waals surface area contributed by atoms with Crippen molar-refractivity contribution in [3.8, 4) is 11.3 Å². The molecule has 0 unspecified atom stereocenters. The number of amides is 1. The Balaban J connectivity index is 1.29. The van der Waals surface area contributed by atoms with Gasteiger partial charge in [0.25, 0.3) is 5.91 Å². The Morgan fingerprint density at radius 1 is 1.05 bits per heavy atom. The van der Waals surface area contributed by atoms with Crippen LogP contribution in [0, 0.1) is 5.82 Å². The van der Waals surface area contributed by atoms with Crippen LogP contribution in [-0.4, -0.2) is 58.2 Å². The molecule has 216 valence electrons. The maximum atomic E-state index is 14.3. The number of rotatable bonds is 4. The van der Waals surface area contributed by atoms with E-state index in [4.69, 9.17) is 26.0 Å². The number of benzene rings is 1. The molecule has 1 fully saturated rings. The molecule has 1 amide bonds. The number of halogens is 2. The minimum absolute atomic E-state index is 0.0494. The maximum Gasteiger partial charge on any atom is 0.290 e. The topological polar surface area (TPSA) is 99.6 Å². The molecule has 6 rings (SSSR count). The fourth-order valence-corrected chi connectivity index (χ4v) is 5.57. The van der Waals surface area contributed by atoms with E-state index in [1.165, 1.54) is 12.1 Å². The Hall–Kier alpha value is -4.18. The number of anilines is 1. The van der Waals surface area contributed by atoms with Gasteiger partial charge in [0.1, 0.15) is 29.4 Å². The number of nitrogens with zero attached hydrogens (tertiary/aromatic N) is 7. The monoisotopic (exact) mass is 587 g/mol. The van der Waals surface area contributed by atoms with Gasteiger partial charge in [-0.3, -0.25) is 4.79 Å². The van der Waals surface area contributed by atoms with Gasteiger partial charge < -0.3 is 14.2 Å². The molecule has 11 heteroatoms. The van der Waals surface area contributed by atoms with Gasteiger partial charge in [-0.15, -0.1) is 5.10 Å². The SMILES string of the molecule is CC(C)(C)c1cc(-c2ccc(Cl)c(F)c2)nc2cc(C(=O)N3CCN(c4cccc(C5=NN=NC5)n4)CC3(C)C)oc12. The van der Waals surface area contributed by atoms with Crippen LogP contribution in [0.15, 0.2) is 68.4 Å². The Kier molecular flexibility index (Phi) is 6.84. The molecule has 4 aromatic rings. The summed E-state index contributed by atoms with van der Waals surface area (Å²) >= 11 is 5.91. The Morgan fingerprint density at radius 3 is 2.55 bits per heavy atom. The van der Waals surface area contributed by atoms with Crippen molar-refractivity contribution in [1.82, 2.24) is 14.9 Å². The first-order chi connectivity index (χ1) is 19.9. The molecule has 42 heavy (non-hydrogen) atoms. The molecular formula is C31H31ClFN7O2. The zero-order valence-electron chi connectivity index (χ0n) is 24.2. The third-order valence-electron chi connectivity index (χ3n) is 7.66. The van der Waals surface area contributed by atoms with Gasteiger partial charge in [-0.2, -0.15) is 5.11 Å². The summed E-state index contributed by atoms with van der Waals surface area (Å²) in [7, 11) is 0. The van der Waals surface area contributed by atoms with Crippen molar-refractivity contribution in [2.75, 3.05) is 31.1 Å². The van der Waals surface area contributed by atoms with Crippen LogP contribution in [0.3, 0.4) is 0 Å². The number of hydrogen-bond donors (Lipinski definition) is 0. The lowest BCUT2D eigenvalue weighted by atomic mass is 9.86. The van der Waals surface area contributed by atoms with Crippen molar-refractivity contribution in [2.45, 2.75) is 45.6 Å². The van der Waals surface area contributed by atoms with E-state index in [-0.39, 0.29) is 22.1 Å². The second-order valence-corrected chi connectivity index (χ2v) is 12.7. The van der Waals surface area contributed by atoms with Crippen LogP contribution in [0.1, 0.15) is 56.4 Å². The summed E-state index contributed by atoms with van der Waals surface area (Å²) in [6.07, 6.45) is 0. The number of carbonyl (C=O) groups is 1. The van der Waals surface area contributed by atoms with Crippen LogP contribution in [0.25, 0.3) is 22.4 Å². The van der Waals surface area contributed by atoms with Crippen LogP contribution in [0.5, 0.6) is 0 Å². The first kappa shape index (κ1) is 28.0. The van der Waals surface area contributed by atoms with E-state index in [1.807, 2.05) is 43.0 Å². The van der Waals surface area contributed by atoms with E-state index in [9.17, 15) is 9.18 Å². The number of hydrogen-bond acceptors (Lipinski definition) is 8. The van der Waals surface area contributed by atoms with Crippen molar-refractivity contribution in [2.24, 2.45) is 15.4 Å². The van der Waals surface area contributed by atoms with Gasteiger partial charge in [-0.1, -0.05) is 44.5 Å². The van der Waals surface area contributed by atoms with Crippen molar-refractivity contribution < 1.29 is 13.6 Å². The zero-order valence-corrected chi connectivity index (χ0v) is 24.9. The fraction of sp³-hybridized carbons (Fsp3) is 0.355. The molecular weight excluding hydrogens is 557 g/mol. The summed E-state index contributed by atoms with van der Waals surface area (Å²) in [5.74, 6) is 0.312. The largest absolute Gasteiger partial charge is 0.449 e. The number of furan rings is 1. The molecule has 2 aliphatic heterocycles. The second-order valence-electron chi connectivity index (χ2n) is 12.3. The predicted molar refractivity (Wildman–Crippen MR) is 161 cm³/mol. The predicted octanol–water partition coefficient (Wildman–Crippen LogP) is 6.89. The molecule has 0 aliphatic carbocycles. The minimum Gasteiger partial charge on any atom is -0.449 e.